The van der Waals surface area contributed by atoms with Crippen molar-refractivity contribution in [2.45, 2.75) is 6.42 Å². The highest BCUT2D eigenvalue weighted by Crippen LogP contribution is 2.24. The maximum Gasteiger partial charge on any atom is 0.0961 e. The lowest BCUT2D eigenvalue weighted by Gasteiger charge is -1.86. The van der Waals surface area contributed by atoms with Crippen molar-refractivity contribution in [3.63, 3.8) is 0 Å². The van der Waals surface area contributed by atoms with Crippen molar-refractivity contribution < 1.29 is 5.11 Å². The van der Waals surface area contributed by atoms with Gasteiger partial charge in [0.25, 0.3) is 0 Å². The SMILES string of the molecule is OCCc1nc2cc(Cl)ccc2s1. The van der Waals surface area contributed by atoms with Crippen molar-refractivity contribution >= 4 is 33.2 Å². The molecule has 0 radical (unpaired) electrons. The zero-order valence-corrected chi connectivity index (χ0v) is 8.40. The van der Waals surface area contributed by atoms with Crippen LogP contribution in [0.5, 0.6) is 0 Å². The van der Waals surface area contributed by atoms with Gasteiger partial charge in [-0.2, -0.15) is 0 Å². The van der Waals surface area contributed by atoms with Crippen molar-refractivity contribution in [1.29, 1.82) is 0 Å². The Labute approximate surface area is 84.8 Å². The average Bonchev–Trinajstić information content (AvgIpc) is 2.46. The highest BCUT2D eigenvalue weighted by atomic mass is 35.5. The number of fused-ring (bicyclic) bond motifs is 1. The standard InChI is InChI=1S/C9H8ClNOS/c10-6-1-2-8-7(5-6)11-9(13-8)3-4-12/h1-2,5,12H,3-4H2. The first-order valence-electron chi connectivity index (χ1n) is 3.95. The maximum atomic E-state index is 8.74. The summed E-state index contributed by atoms with van der Waals surface area (Å²) >= 11 is 7.42. The Kier molecular flexibility index (Phi) is 2.49. The van der Waals surface area contributed by atoms with Gasteiger partial charge in [-0.1, -0.05) is 11.6 Å². The molecule has 1 aromatic heterocycles. The number of rotatable bonds is 2. The van der Waals surface area contributed by atoms with Gasteiger partial charge in [0, 0.05) is 18.1 Å². The van der Waals surface area contributed by atoms with Crippen LogP contribution in [-0.4, -0.2) is 16.7 Å². The summed E-state index contributed by atoms with van der Waals surface area (Å²) in [4.78, 5) is 4.34. The third kappa shape index (κ3) is 1.82. The summed E-state index contributed by atoms with van der Waals surface area (Å²) in [5.74, 6) is 0. The fourth-order valence-electron chi connectivity index (χ4n) is 1.15. The maximum absolute atomic E-state index is 8.74. The monoisotopic (exact) mass is 213 g/mol. The zero-order valence-electron chi connectivity index (χ0n) is 6.83. The van der Waals surface area contributed by atoms with E-state index in [1.54, 1.807) is 11.3 Å². The summed E-state index contributed by atoms with van der Waals surface area (Å²) in [5.41, 5.74) is 0.918. The number of hydrogen-bond donors (Lipinski definition) is 1. The molecule has 0 saturated heterocycles. The van der Waals surface area contributed by atoms with Gasteiger partial charge in [0.1, 0.15) is 0 Å². The molecule has 0 unspecified atom stereocenters. The number of aliphatic hydroxyl groups is 1. The molecule has 4 heteroatoms. The number of nitrogens with zero attached hydrogens (tertiary/aromatic N) is 1. The van der Waals surface area contributed by atoms with Crippen LogP contribution in [0, 0.1) is 0 Å². The molecule has 0 spiro atoms. The van der Waals surface area contributed by atoms with E-state index >= 15 is 0 Å². The quantitative estimate of drug-likeness (QED) is 0.832. The molecule has 0 bridgehead atoms. The van der Waals surface area contributed by atoms with Gasteiger partial charge in [-0.25, -0.2) is 4.98 Å². The van der Waals surface area contributed by atoms with Gasteiger partial charge < -0.3 is 5.11 Å². The van der Waals surface area contributed by atoms with Crippen molar-refractivity contribution in [3.8, 4) is 0 Å². The molecule has 0 fully saturated rings. The molecule has 0 amide bonds. The van der Waals surface area contributed by atoms with Crippen LogP contribution in [0.1, 0.15) is 5.01 Å². The molecule has 68 valence electrons. The lowest BCUT2D eigenvalue weighted by atomic mass is 10.3. The Morgan fingerprint density at radius 2 is 2.31 bits per heavy atom. The molecule has 2 rings (SSSR count). The van der Waals surface area contributed by atoms with E-state index in [1.165, 1.54) is 0 Å². The van der Waals surface area contributed by atoms with Crippen LogP contribution in [-0.2, 0) is 6.42 Å². The second-order valence-electron chi connectivity index (χ2n) is 2.69. The smallest absolute Gasteiger partial charge is 0.0961 e. The van der Waals surface area contributed by atoms with Crippen LogP contribution in [0.3, 0.4) is 0 Å². The number of benzene rings is 1. The number of halogens is 1. The Hall–Kier alpha value is -0.640. The first kappa shape index (κ1) is 8.94. The molecule has 1 aromatic carbocycles. The van der Waals surface area contributed by atoms with Gasteiger partial charge in [0.05, 0.1) is 15.2 Å². The fraction of sp³-hybridized carbons (Fsp3) is 0.222. The molecule has 1 heterocycles. The first-order valence-corrected chi connectivity index (χ1v) is 5.15. The number of aliphatic hydroxyl groups excluding tert-OH is 1. The summed E-state index contributed by atoms with van der Waals surface area (Å²) < 4.78 is 1.12. The average molecular weight is 214 g/mol. The fourth-order valence-corrected chi connectivity index (χ4v) is 2.25. The first-order chi connectivity index (χ1) is 6.29. The molecule has 0 aliphatic heterocycles. The van der Waals surface area contributed by atoms with Gasteiger partial charge in [0.2, 0.25) is 0 Å². The topological polar surface area (TPSA) is 33.1 Å². The summed E-state index contributed by atoms with van der Waals surface area (Å²) in [5, 5.41) is 10.4. The van der Waals surface area contributed by atoms with Crippen molar-refractivity contribution in [2.24, 2.45) is 0 Å². The largest absolute Gasteiger partial charge is 0.396 e. The van der Waals surface area contributed by atoms with E-state index in [4.69, 9.17) is 16.7 Å². The Balaban J connectivity index is 2.49. The minimum Gasteiger partial charge on any atom is -0.396 e. The zero-order chi connectivity index (χ0) is 9.26. The molecule has 0 aliphatic carbocycles. The van der Waals surface area contributed by atoms with Crippen molar-refractivity contribution in [2.75, 3.05) is 6.61 Å². The number of hydrogen-bond acceptors (Lipinski definition) is 3. The van der Waals surface area contributed by atoms with Gasteiger partial charge in [-0.3, -0.25) is 0 Å². The minimum absolute atomic E-state index is 0.146. The van der Waals surface area contributed by atoms with Gasteiger partial charge in [0.15, 0.2) is 0 Å². The second-order valence-corrected chi connectivity index (χ2v) is 4.24. The molecule has 0 atom stereocenters. The summed E-state index contributed by atoms with van der Waals surface area (Å²) in [6.07, 6.45) is 0.622. The lowest BCUT2D eigenvalue weighted by molar-refractivity contribution is 0.299. The number of aromatic nitrogens is 1. The Morgan fingerprint density at radius 1 is 1.46 bits per heavy atom. The molecule has 1 N–H and O–H groups in total. The van der Waals surface area contributed by atoms with E-state index < -0.39 is 0 Å². The molecule has 0 saturated carbocycles. The van der Waals surface area contributed by atoms with Crippen LogP contribution >= 0.6 is 22.9 Å². The third-order valence-electron chi connectivity index (χ3n) is 1.72. The highest BCUT2D eigenvalue weighted by molar-refractivity contribution is 7.18. The lowest BCUT2D eigenvalue weighted by Crippen LogP contribution is -1.87. The molecule has 2 nitrogen and oxygen atoms in total. The van der Waals surface area contributed by atoms with E-state index in [0.717, 1.165) is 15.2 Å². The van der Waals surface area contributed by atoms with Crippen LogP contribution < -0.4 is 0 Å². The highest BCUT2D eigenvalue weighted by Gasteiger charge is 2.02. The van der Waals surface area contributed by atoms with Crippen LogP contribution in [0.15, 0.2) is 18.2 Å². The predicted octanol–water partition coefficient (Wildman–Crippen LogP) is 2.48. The third-order valence-corrected chi connectivity index (χ3v) is 3.05. The van der Waals surface area contributed by atoms with Gasteiger partial charge in [-0.15, -0.1) is 11.3 Å². The molecular weight excluding hydrogens is 206 g/mol. The van der Waals surface area contributed by atoms with Gasteiger partial charge >= 0.3 is 0 Å². The Bertz CT molecular complexity index is 426. The van der Waals surface area contributed by atoms with Crippen LogP contribution in [0.25, 0.3) is 10.2 Å². The molecule has 0 aliphatic rings. The van der Waals surface area contributed by atoms with Crippen LogP contribution in [0.4, 0.5) is 0 Å². The normalized spacial score (nSPS) is 10.9. The Morgan fingerprint density at radius 3 is 3.08 bits per heavy atom. The summed E-state index contributed by atoms with van der Waals surface area (Å²) in [7, 11) is 0. The molecule has 2 aromatic rings. The van der Waals surface area contributed by atoms with E-state index in [0.29, 0.717) is 11.4 Å². The van der Waals surface area contributed by atoms with E-state index in [2.05, 4.69) is 4.98 Å². The predicted molar refractivity (Wildman–Crippen MR) is 55.4 cm³/mol. The van der Waals surface area contributed by atoms with E-state index in [9.17, 15) is 0 Å². The van der Waals surface area contributed by atoms with Crippen molar-refractivity contribution in [1.82, 2.24) is 4.98 Å². The van der Waals surface area contributed by atoms with Crippen molar-refractivity contribution in [3.05, 3.63) is 28.2 Å². The summed E-state index contributed by atoms with van der Waals surface area (Å²) in [6.45, 7) is 0.146. The van der Waals surface area contributed by atoms with E-state index in [1.807, 2.05) is 18.2 Å². The summed E-state index contributed by atoms with van der Waals surface area (Å²) in [6, 6.07) is 5.65. The molecule has 13 heavy (non-hydrogen) atoms. The van der Waals surface area contributed by atoms with Crippen LogP contribution in [0.2, 0.25) is 5.02 Å². The second kappa shape index (κ2) is 3.62. The number of thiazole rings is 1. The van der Waals surface area contributed by atoms with E-state index in [-0.39, 0.29) is 6.61 Å². The van der Waals surface area contributed by atoms with Gasteiger partial charge in [-0.05, 0) is 18.2 Å². The molecular formula is C9H8ClNOS. The minimum atomic E-state index is 0.146.